The van der Waals surface area contributed by atoms with E-state index in [1.165, 1.54) is 27.5 Å². The van der Waals surface area contributed by atoms with Crippen LogP contribution in [0.2, 0.25) is 0 Å². The number of fused-ring (bicyclic) bond motifs is 1. The molecule has 1 atom stereocenters. The second kappa shape index (κ2) is 7.54. The fourth-order valence-corrected chi connectivity index (χ4v) is 3.66. The van der Waals surface area contributed by atoms with Gasteiger partial charge in [0.25, 0.3) is 0 Å². The largest absolute Gasteiger partial charge is 0.260 e. The molecule has 0 radical (unpaired) electrons. The molecule has 0 aliphatic heterocycles. The third kappa shape index (κ3) is 4.35. The van der Waals surface area contributed by atoms with E-state index in [1.807, 2.05) is 0 Å². The summed E-state index contributed by atoms with van der Waals surface area (Å²) in [5.41, 5.74) is 5.21. The van der Waals surface area contributed by atoms with Crippen molar-refractivity contribution in [3.63, 3.8) is 0 Å². The Morgan fingerprint density at radius 3 is 2.14 bits per heavy atom. The second-order valence-electron chi connectivity index (χ2n) is 9.87. The molecule has 0 bridgehead atoms. The molecular weight excluding hydrogens is 338 g/mol. The van der Waals surface area contributed by atoms with Crippen LogP contribution in [0.4, 0.5) is 5.69 Å². The number of hydrogen-bond donors (Lipinski definition) is 0. The Balaban J connectivity index is 2.02. The van der Waals surface area contributed by atoms with Crippen molar-refractivity contribution in [2.75, 3.05) is 0 Å². The summed E-state index contributed by atoms with van der Waals surface area (Å²) < 4.78 is 0. The maximum Gasteiger partial charge on any atom is 0.0666 e. The first-order valence-electron chi connectivity index (χ1n) is 10.2. The third-order valence-corrected chi connectivity index (χ3v) is 5.42. The molecule has 0 fully saturated rings. The molecule has 1 nitrogen and oxygen atoms in total. The van der Waals surface area contributed by atoms with Gasteiger partial charge in [0, 0.05) is 12.1 Å². The van der Waals surface area contributed by atoms with E-state index in [0.717, 1.165) is 5.69 Å². The van der Waals surface area contributed by atoms with Crippen LogP contribution in [-0.4, -0.2) is 6.21 Å². The maximum atomic E-state index is 5.00. The molecule has 0 saturated heterocycles. The van der Waals surface area contributed by atoms with Crippen molar-refractivity contribution < 1.29 is 0 Å². The van der Waals surface area contributed by atoms with Crippen LogP contribution in [0, 0.1) is 0 Å². The van der Waals surface area contributed by atoms with Crippen LogP contribution in [0.1, 0.15) is 71.1 Å². The summed E-state index contributed by atoms with van der Waals surface area (Å²) in [6, 6.07) is 21.9. The molecule has 0 heterocycles. The number of aliphatic imine (C=N–C) groups is 1. The quantitative estimate of drug-likeness (QED) is 0.414. The molecule has 3 aromatic rings. The molecule has 0 N–H and O–H groups in total. The summed E-state index contributed by atoms with van der Waals surface area (Å²) in [4.78, 5) is 5.00. The number of benzene rings is 3. The van der Waals surface area contributed by atoms with Gasteiger partial charge in [-0.05, 0) is 44.4 Å². The van der Waals surface area contributed by atoms with E-state index in [4.69, 9.17) is 4.99 Å². The van der Waals surface area contributed by atoms with Crippen LogP contribution in [0.3, 0.4) is 0 Å². The van der Waals surface area contributed by atoms with Gasteiger partial charge in [-0.1, -0.05) is 103 Å². The summed E-state index contributed by atoms with van der Waals surface area (Å²) in [5.74, 6) is 0.247. The molecule has 0 amide bonds. The van der Waals surface area contributed by atoms with Crippen molar-refractivity contribution in [3.8, 4) is 0 Å². The number of rotatable bonds is 3. The Morgan fingerprint density at radius 2 is 1.46 bits per heavy atom. The first-order valence-corrected chi connectivity index (χ1v) is 10.2. The van der Waals surface area contributed by atoms with Gasteiger partial charge < -0.3 is 0 Å². The molecule has 0 spiro atoms. The Bertz CT molecular complexity index is 991. The van der Waals surface area contributed by atoms with Gasteiger partial charge in [-0.25, -0.2) is 0 Å². The molecule has 3 rings (SSSR count). The molecule has 0 aromatic heterocycles. The average molecular weight is 372 g/mol. The minimum absolute atomic E-state index is 0.0613. The van der Waals surface area contributed by atoms with E-state index >= 15 is 0 Å². The SMILES string of the molecule is CC(C=Nc1cc(C(C)(C)C)ccc1C(C)(C)C)c1cccc2ccccc12. The van der Waals surface area contributed by atoms with E-state index in [1.54, 1.807) is 0 Å². The second-order valence-corrected chi connectivity index (χ2v) is 9.87. The normalized spacial score (nSPS) is 14.0. The molecule has 1 heteroatoms. The van der Waals surface area contributed by atoms with Crippen LogP contribution >= 0.6 is 0 Å². The van der Waals surface area contributed by atoms with Crippen LogP contribution < -0.4 is 0 Å². The highest BCUT2D eigenvalue weighted by Crippen LogP contribution is 2.36. The van der Waals surface area contributed by atoms with Crippen molar-refractivity contribution in [2.45, 2.75) is 65.2 Å². The van der Waals surface area contributed by atoms with Gasteiger partial charge in [0.15, 0.2) is 0 Å². The highest BCUT2D eigenvalue weighted by atomic mass is 14.7. The fraction of sp³-hybridized carbons (Fsp3) is 0.370. The molecule has 3 aromatic carbocycles. The van der Waals surface area contributed by atoms with Gasteiger partial charge in [0.05, 0.1) is 5.69 Å². The zero-order valence-corrected chi connectivity index (χ0v) is 18.4. The monoisotopic (exact) mass is 371 g/mol. The fourth-order valence-electron chi connectivity index (χ4n) is 3.66. The Labute approximate surface area is 170 Å². The summed E-state index contributed by atoms with van der Waals surface area (Å²) in [7, 11) is 0. The Hall–Kier alpha value is -2.41. The lowest BCUT2D eigenvalue weighted by atomic mass is 9.81. The van der Waals surface area contributed by atoms with Crippen molar-refractivity contribution in [2.24, 2.45) is 4.99 Å². The Kier molecular flexibility index (Phi) is 5.48. The molecular formula is C27H33N. The van der Waals surface area contributed by atoms with Crippen molar-refractivity contribution in [1.29, 1.82) is 0 Å². The smallest absolute Gasteiger partial charge is 0.0666 e. The van der Waals surface area contributed by atoms with Gasteiger partial charge in [0.1, 0.15) is 0 Å². The lowest BCUT2D eigenvalue weighted by Gasteiger charge is -2.25. The predicted octanol–water partition coefficient (Wildman–Crippen LogP) is 7.94. The van der Waals surface area contributed by atoms with Crippen molar-refractivity contribution in [1.82, 2.24) is 0 Å². The van der Waals surface area contributed by atoms with Gasteiger partial charge in [-0.3, -0.25) is 4.99 Å². The topological polar surface area (TPSA) is 12.4 Å². The van der Waals surface area contributed by atoms with Crippen molar-refractivity contribution >= 4 is 22.7 Å². The predicted molar refractivity (Wildman–Crippen MR) is 124 cm³/mol. The molecule has 0 saturated carbocycles. The minimum Gasteiger partial charge on any atom is -0.260 e. The van der Waals surface area contributed by atoms with Gasteiger partial charge in [0.2, 0.25) is 0 Å². The summed E-state index contributed by atoms with van der Waals surface area (Å²) in [6.45, 7) is 15.8. The van der Waals surface area contributed by atoms with Crippen LogP contribution in [0.15, 0.2) is 65.7 Å². The standard InChI is InChI=1S/C27H33N/c1-19(22-14-10-12-20-11-8-9-13-23(20)22)18-28-25-17-21(26(2,3)4)15-16-24(25)27(5,6)7/h8-19H,1-7H3. The van der Waals surface area contributed by atoms with E-state index < -0.39 is 0 Å². The maximum absolute atomic E-state index is 5.00. The summed E-state index contributed by atoms with van der Waals surface area (Å²) in [6.07, 6.45) is 2.11. The highest BCUT2D eigenvalue weighted by molar-refractivity contribution is 5.89. The van der Waals surface area contributed by atoms with Gasteiger partial charge in [-0.15, -0.1) is 0 Å². The lowest BCUT2D eigenvalue weighted by molar-refractivity contribution is 0.578. The zero-order valence-electron chi connectivity index (χ0n) is 18.4. The first kappa shape index (κ1) is 20.3. The van der Waals surface area contributed by atoms with E-state index in [2.05, 4.69) is 115 Å². The number of hydrogen-bond acceptors (Lipinski definition) is 1. The lowest BCUT2D eigenvalue weighted by Crippen LogP contribution is -2.15. The molecule has 146 valence electrons. The van der Waals surface area contributed by atoms with Gasteiger partial charge in [-0.2, -0.15) is 0 Å². The molecule has 28 heavy (non-hydrogen) atoms. The molecule has 0 aliphatic rings. The average Bonchev–Trinajstić information content (AvgIpc) is 2.64. The molecule has 0 aliphatic carbocycles. The third-order valence-electron chi connectivity index (χ3n) is 5.42. The van der Waals surface area contributed by atoms with Crippen LogP contribution in [0.25, 0.3) is 10.8 Å². The van der Waals surface area contributed by atoms with Gasteiger partial charge >= 0.3 is 0 Å². The van der Waals surface area contributed by atoms with Crippen LogP contribution in [-0.2, 0) is 10.8 Å². The summed E-state index contributed by atoms with van der Waals surface area (Å²) >= 11 is 0. The van der Waals surface area contributed by atoms with Crippen LogP contribution in [0.5, 0.6) is 0 Å². The van der Waals surface area contributed by atoms with E-state index in [9.17, 15) is 0 Å². The van der Waals surface area contributed by atoms with Crippen molar-refractivity contribution in [3.05, 3.63) is 77.4 Å². The number of nitrogens with zero attached hydrogens (tertiary/aromatic N) is 1. The highest BCUT2D eigenvalue weighted by Gasteiger charge is 2.21. The Morgan fingerprint density at radius 1 is 0.786 bits per heavy atom. The van der Waals surface area contributed by atoms with E-state index in [-0.39, 0.29) is 16.7 Å². The summed E-state index contributed by atoms with van der Waals surface area (Å²) in [5, 5.41) is 2.59. The zero-order chi connectivity index (χ0) is 20.5. The minimum atomic E-state index is 0.0613. The molecule has 1 unspecified atom stereocenters. The first-order chi connectivity index (χ1) is 13.1. The van der Waals surface area contributed by atoms with E-state index in [0.29, 0.717) is 0 Å².